The van der Waals surface area contributed by atoms with Gasteiger partial charge in [0, 0.05) is 17.6 Å². The zero-order chi connectivity index (χ0) is 16.5. The van der Waals surface area contributed by atoms with Crippen LogP contribution in [0.3, 0.4) is 0 Å². The molecule has 2 aromatic rings. The average molecular weight is 355 g/mol. The molecular weight excluding hydrogens is 340 g/mol. The lowest BCUT2D eigenvalue weighted by Crippen LogP contribution is -2.29. The second kappa shape index (κ2) is 6.24. The molecule has 22 heavy (non-hydrogen) atoms. The van der Waals surface area contributed by atoms with E-state index in [-0.39, 0.29) is 9.88 Å². The van der Waals surface area contributed by atoms with Crippen LogP contribution in [-0.4, -0.2) is 20.5 Å². The van der Waals surface area contributed by atoms with E-state index in [9.17, 15) is 8.42 Å². The van der Waals surface area contributed by atoms with Crippen LogP contribution in [0.4, 0.5) is 5.69 Å². The van der Waals surface area contributed by atoms with Gasteiger partial charge < -0.3 is 5.73 Å². The summed E-state index contributed by atoms with van der Waals surface area (Å²) in [5.74, 6) is 0. The van der Waals surface area contributed by atoms with Gasteiger partial charge in [0.1, 0.15) is 4.99 Å². The van der Waals surface area contributed by atoms with Gasteiger partial charge in [0.25, 0.3) is 10.0 Å². The first kappa shape index (κ1) is 16.7. The van der Waals surface area contributed by atoms with Crippen molar-refractivity contribution in [2.24, 2.45) is 5.73 Å². The number of nitrogens with zero attached hydrogens (tertiary/aromatic N) is 1. The fourth-order valence-corrected chi connectivity index (χ4v) is 3.53. The number of anilines is 1. The van der Waals surface area contributed by atoms with Gasteiger partial charge >= 0.3 is 0 Å². The molecule has 116 valence electrons. The summed E-state index contributed by atoms with van der Waals surface area (Å²) in [7, 11) is -2.24. The minimum absolute atomic E-state index is 0.0865. The van der Waals surface area contributed by atoms with E-state index >= 15 is 0 Å². The number of hydrogen-bond acceptors (Lipinski definition) is 3. The van der Waals surface area contributed by atoms with Crippen molar-refractivity contribution < 1.29 is 8.42 Å². The molecule has 0 aliphatic rings. The van der Waals surface area contributed by atoms with E-state index in [0.29, 0.717) is 16.3 Å². The van der Waals surface area contributed by atoms with E-state index in [1.165, 1.54) is 7.05 Å². The largest absolute Gasteiger partial charge is 0.389 e. The van der Waals surface area contributed by atoms with Crippen molar-refractivity contribution in [1.29, 1.82) is 0 Å². The number of nitrogens with two attached hydrogens (primary N) is 1. The maximum Gasteiger partial charge on any atom is 0.264 e. The lowest BCUT2D eigenvalue weighted by Gasteiger charge is -2.22. The minimum Gasteiger partial charge on any atom is -0.389 e. The molecule has 2 aromatic carbocycles. The maximum absolute atomic E-state index is 12.7. The van der Waals surface area contributed by atoms with E-state index in [4.69, 9.17) is 29.6 Å². The Morgan fingerprint density at radius 1 is 1.18 bits per heavy atom. The minimum atomic E-state index is -3.70. The first-order chi connectivity index (χ1) is 10.2. The number of halogens is 1. The molecule has 0 radical (unpaired) electrons. The summed E-state index contributed by atoms with van der Waals surface area (Å²) >= 11 is 10.9. The van der Waals surface area contributed by atoms with E-state index < -0.39 is 10.0 Å². The first-order valence-electron chi connectivity index (χ1n) is 6.38. The summed E-state index contributed by atoms with van der Waals surface area (Å²) in [6.07, 6.45) is 0. The van der Waals surface area contributed by atoms with Gasteiger partial charge in [0.05, 0.1) is 10.6 Å². The average Bonchev–Trinajstić information content (AvgIpc) is 2.46. The van der Waals surface area contributed by atoms with Crippen LogP contribution in [0.2, 0.25) is 5.02 Å². The second-order valence-corrected chi connectivity index (χ2v) is 7.66. The van der Waals surface area contributed by atoms with Crippen LogP contribution in [0.15, 0.2) is 47.4 Å². The smallest absolute Gasteiger partial charge is 0.264 e. The highest BCUT2D eigenvalue weighted by Gasteiger charge is 2.23. The first-order valence-corrected chi connectivity index (χ1v) is 8.61. The van der Waals surface area contributed by atoms with E-state index in [1.54, 1.807) is 42.5 Å². The lowest BCUT2D eigenvalue weighted by atomic mass is 10.2. The molecule has 0 spiro atoms. The Morgan fingerprint density at radius 2 is 1.77 bits per heavy atom. The highest BCUT2D eigenvalue weighted by molar-refractivity contribution is 7.92. The number of thiocarbonyl (C=S) groups is 1. The molecule has 0 atom stereocenters. The number of rotatable bonds is 4. The number of sulfonamides is 1. The molecule has 0 fully saturated rings. The molecule has 0 unspecified atom stereocenters. The fraction of sp³-hybridized carbons (Fsp3) is 0.133. The summed E-state index contributed by atoms with van der Waals surface area (Å²) in [6, 6.07) is 11.4. The second-order valence-electron chi connectivity index (χ2n) is 4.81. The van der Waals surface area contributed by atoms with Crippen molar-refractivity contribution in [3.63, 3.8) is 0 Å². The topological polar surface area (TPSA) is 63.4 Å². The van der Waals surface area contributed by atoms with Crippen molar-refractivity contribution >= 4 is 44.5 Å². The molecule has 7 heteroatoms. The summed E-state index contributed by atoms with van der Waals surface area (Å²) in [5, 5.41) is 0.438. The Morgan fingerprint density at radius 3 is 2.32 bits per heavy atom. The normalized spacial score (nSPS) is 11.2. The van der Waals surface area contributed by atoms with Crippen LogP contribution in [0, 0.1) is 6.92 Å². The molecule has 0 saturated carbocycles. The van der Waals surface area contributed by atoms with Gasteiger partial charge in [-0.25, -0.2) is 8.42 Å². The number of hydrogen-bond donors (Lipinski definition) is 1. The van der Waals surface area contributed by atoms with Crippen LogP contribution in [-0.2, 0) is 10.0 Å². The Bertz CT molecular complexity index is 818. The van der Waals surface area contributed by atoms with Crippen molar-refractivity contribution in [3.05, 3.63) is 58.6 Å². The van der Waals surface area contributed by atoms with Gasteiger partial charge in [-0.05, 0) is 37.3 Å². The summed E-state index contributed by atoms with van der Waals surface area (Å²) in [5.41, 5.74) is 7.46. The molecule has 0 aliphatic heterocycles. The lowest BCUT2D eigenvalue weighted by molar-refractivity contribution is 0.594. The number of benzene rings is 2. The van der Waals surface area contributed by atoms with Crippen LogP contribution in [0.5, 0.6) is 0 Å². The van der Waals surface area contributed by atoms with Gasteiger partial charge in [0.2, 0.25) is 0 Å². The molecule has 2 N–H and O–H groups in total. The highest BCUT2D eigenvalue weighted by Crippen LogP contribution is 2.28. The van der Waals surface area contributed by atoms with Crippen LogP contribution >= 0.6 is 23.8 Å². The summed E-state index contributed by atoms with van der Waals surface area (Å²) < 4.78 is 26.6. The van der Waals surface area contributed by atoms with Crippen molar-refractivity contribution in [2.75, 3.05) is 11.4 Å². The van der Waals surface area contributed by atoms with Crippen molar-refractivity contribution in [1.82, 2.24) is 0 Å². The van der Waals surface area contributed by atoms with Crippen molar-refractivity contribution in [2.45, 2.75) is 11.8 Å². The zero-order valence-electron chi connectivity index (χ0n) is 12.1. The van der Waals surface area contributed by atoms with Gasteiger partial charge in [-0.15, -0.1) is 0 Å². The molecule has 0 aliphatic carbocycles. The van der Waals surface area contributed by atoms with E-state index in [2.05, 4.69) is 0 Å². The Kier molecular flexibility index (Phi) is 4.75. The van der Waals surface area contributed by atoms with Gasteiger partial charge in [-0.1, -0.05) is 41.5 Å². The van der Waals surface area contributed by atoms with Gasteiger partial charge in [0.15, 0.2) is 0 Å². The Labute approximate surface area is 140 Å². The SMILES string of the molecule is Cc1ccc(S(=O)(=O)N(C)c2ccc(Cl)cc2C(N)=S)cc1. The summed E-state index contributed by atoms with van der Waals surface area (Å²) in [4.78, 5) is 0.285. The van der Waals surface area contributed by atoms with Crippen molar-refractivity contribution in [3.8, 4) is 0 Å². The van der Waals surface area contributed by atoms with E-state index in [1.807, 2.05) is 6.92 Å². The van der Waals surface area contributed by atoms with E-state index in [0.717, 1.165) is 9.87 Å². The van der Waals surface area contributed by atoms with Crippen LogP contribution in [0.1, 0.15) is 11.1 Å². The van der Waals surface area contributed by atoms with Crippen LogP contribution in [0.25, 0.3) is 0 Å². The Balaban J connectivity index is 2.53. The summed E-state index contributed by atoms with van der Waals surface area (Å²) in [6.45, 7) is 1.89. The highest BCUT2D eigenvalue weighted by atomic mass is 35.5. The third-order valence-corrected chi connectivity index (χ3v) is 5.48. The third-order valence-electron chi connectivity index (χ3n) is 3.24. The maximum atomic E-state index is 12.7. The molecule has 4 nitrogen and oxygen atoms in total. The predicted molar refractivity (Wildman–Crippen MR) is 94.1 cm³/mol. The fourth-order valence-electron chi connectivity index (χ4n) is 1.98. The van der Waals surface area contributed by atoms with Gasteiger partial charge in [-0.3, -0.25) is 4.31 Å². The molecule has 0 heterocycles. The molecule has 0 amide bonds. The van der Waals surface area contributed by atoms with Gasteiger partial charge in [-0.2, -0.15) is 0 Å². The molecule has 0 saturated heterocycles. The molecule has 0 bridgehead atoms. The molecule has 2 rings (SSSR count). The number of aryl methyl sites for hydroxylation is 1. The quantitative estimate of drug-likeness (QED) is 0.857. The zero-order valence-corrected chi connectivity index (χ0v) is 14.5. The predicted octanol–water partition coefficient (Wildman–Crippen LogP) is 3.11. The molecule has 0 aromatic heterocycles. The monoisotopic (exact) mass is 354 g/mol. The standard InChI is InChI=1S/C15H15ClN2O2S2/c1-10-3-6-12(7-4-10)22(19,20)18(2)14-8-5-11(16)9-13(14)15(17)21/h3-9H,1-2H3,(H2,17,21). The van der Waals surface area contributed by atoms with Crippen LogP contribution < -0.4 is 10.0 Å². The Hall–Kier alpha value is -1.63. The molecular formula is C15H15ClN2O2S2. The third kappa shape index (κ3) is 3.24.